The predicted octanol–water partition coefficient (Wildman–Crippen LogP) is 3.95. The number of carbonyl (C=O) groups excluding carboxylic acids is 1. The van der Waals surface area contributed by atoms with E-state index in [0.29, 0.717) is 17.9 Å². The zero-order chi connectivity index (χ0) is 17.3. The standard InChI is InChI=1S/C18H18BrNO4/c1-22-15-5-4-10(6-13(15)19)11-8-18(21)20-14-9-17(24-3)16(23-2)7-12(11)14/h4-7,9,11H,8H2,1-3H3,(H,20,21)/t11-/m0/s1. The molecule has 6 heteroatoms. The van der Waals surface area contributed by atoms with Gasteiger partial charge in [-0.05, 0) is 45.3 Å². The van der Waals surface area contributed by atoms with Gasteiger partial charge >= 0.3 is 0 Å². The normalized spacial score (nSPS) is 16.2. The Labute approximate surface area is 149 Å². The van der Waals surface area contributed by atoms with Crippen molar-refractivity contribution in [1.82, 2.24) is 0 Å². The maximum atomic E-state index is 12.2. The Hall–Kier alpha value is -2.21. The van der Waals surface area contributed by atoms with Gasteiger partial charge in [0.05, 0.1) is 25.8 Å². The Bertz CT molecular complexity index is 791. The van der Waals surface area contributed by atoms with Gasteiger partial charge in [-0.25, -0.2) is 0 Å². The SMILES string of the molecule is COc1ccc([C@@H]2CC(=O)Nc3cc(OC)c(OC)cc32)cc1Br. The van der Waals surface area contributed by atoms with Gasteiger partial charge in [0.1, 0.15) is 5.75 Å². The van der Waals surface area contributed by atoms with Crippen LogP contribution in [0.15, 0.2) is 34.8 Å². The highest BCUT2D eigenvalue weighted by Crippen LogP contribution is 2.44. The number of carbonyl (C=O) groups is 1. The molecule has 1 aliphatic heterocycles. The first kappa shape index (κ1) is 16.6. The van der Waals surface area contributed by atoms with E-state index in [2.05, 4.69) is 21.2 Å². The molecule has 126 valence electrons. The molecule has 3 rings (SSSR count). The first-order valence-corrected chi connectivity index (χ1v) is 8.26. The summed E-state index contributed by atoms with van der Waals surface area (Å²) < 4.78 is 16.9. The van der Waals surface area contributed by atoms with E-state index in [1.807, 2.05) is 24.3 Å². The number of hydrogen-bond donors (Lipinski definition) is 1. The smallest absolute Gasteiger partial charge is 0.225 e. The summed E-state index contributed by atoms with van der Waals surface area (Å²) in [4.78, 5) is 12.2. The van der Waals surface area contributed by atoms with E-state index in [-0.39, 0.29) is 11.8 Å². The van der Waals surface area contributed by atoms with Crippen molar-refractivity contribution in [1.29, 1.82) is 0 Å². The van der Waals surface area contributed by atoms with E-state index in [9.17, 15) is 4.79 Å². The average molecular weight is 392 g/mol. The van der Waals surface area contributed by atoms with E-state index in [1.165, 1.54) is 0 Å². The van der Waals surface area contributed by atoms with Crippen molar-refractivity contribution in [3.8, 4) is 17.2 Å². The third-order valence-electron chi connectivity index (χ3n) is 4.17. The van der Waals surface area contributed by atoms with Gasteiger partial charge in [0, 0.05) is 24.1 Å². The first-order valence-electron chi connectivity index (χ1n) is 7.46. The van der Waals surface area contributed by atoms with Crippen molar-refractivity contribution in [3.05, 3.63) is 45.9 Å². The van der Waals surface area contributed by atoms with Gasteiger partial charge in [-0.2, -0.15) is 0 Å². The predicted molar refractivity (Wildman–Crippen MR) is 95.3 cm³/mol. The summed E-state index contributed by atoms with van der Waals surface area (Å²) in [5.41, 5.74) is 2.79. The van der Waals surface area contributed by atoms with Gasteiger partial charge in [-0.1, -0.05) is 6.07 Å². The summed E-state index contributed by atoms with van der Waals surface area (Å²) in [6, 6.07) is 9.59. The van der Waals surface area contributed by atoms with Crippen LogP contribution >= 0.6 is 15.9 Å². The van der Waals surface area contributed by atoms with Crippen LogP contribution in [0.1, 0.15) is 23.5 Å². The van der Waals surface area contributed by atoms with Crippen molar-refractivity contribution >= 4 is 27.5 Å². The highest BCUT2D eigenvalue weighted by atomic mass is 79.9. The number of fused-ring (bicyclic) bond motifs is 1. The number of ether oxygens (including phenoxy) is 3. The minimum atomic E-state index is -0.0595. The molecular formula is C18H18BrNO4. The molecule has 0 aromatic heterocycles. The van der Waals surface area contributed by atoms with E-state index in [0.717, 1.165) is 27.0 Å². The molecule has 0 spiro atoms. The molecule has 0 aliphatic carbocycles. The van der Waals surface area contributed by atoms with Crippen molar-refractivity contribution in [2.24, 2.45) is 0 Å². The highest BCUT2D eigenvalue weighted by Gasteiger charge is 2.28. The quantitative estimate of drug-likeness (QED) is 0.856. The van der Waals surface area contributed by atoms with Crippen LogP contribution in [0.5, 0.6) is 17.2 Å². The molecule has 1 aliphatic rings. The van der Waals surface area contributed by atoms with E-state index in [1.54, 1.807) is 27.4 Å². The first-order chi connectivity index (χ1) is 11.6. The average Bonchev–Trinajstić information content (AvgIpc) is 2.59. The van der Waals surface area contributed by atoms with Gasteiger partial charge in [0.2, 0.25) is 5.91 Å². The lowest BCUT2D eigenvalue weighted by molar-refractivity contribution is -0.116. The third kappa shape index (κ3) is 2.94. The van der Waals surface area contributed by atoms with Gasteiger partial charge in [-0.3, -0.25) is 4.79 Å². The van der Waals surface area contributed by atoms with Crippen LogP contribution in [-0.4, -0.2) is 27.2 Å². The lowest BCUT2D eigenvalue weighted by Crippen LogP contribution is -2.23. The summed E-state index contributed by atoms with van der Waals surface area (Å²) in [6.07, 6.45) is 0.376. The van der Waals surface area contributed by atoms with Gasteiger partial charge in [0.25, 0.3) is 0 Å². The molecule has 2 aromatic rings. The number of halogens is 1. The lowest BCUT2D eigenvalue weighted by atomic mass is 9.84. The monoisotopic (exact) mass is 391 g/mol. The van der Waals surface area contributed by atoms with Crippen LogP contribution in [0.3, 0.4) is 0 Å². The third-order valence-corrected chi connectivity index (χ3v) is 4.79. The second kappa shape index (κ2) is 6.73. The minimum absolute atomic E-state index is 0.0216. The van der Waals surface area contributed by atoms with Crippen molar-refractivity contribution < 1.29 is 19.0 Å². The molecule has 0 bridgehead atoms. The topological polar surface area (TPSA) is 56.8 Å². The Balaban J connectivity index is 2.11. The van der Waals surface area contributed by atoms with Crippen LogP contribution in [0.4, 0.5) is 5.69 Å². The number of methoxy groups -OCH3 is 3. The van der Waals surface area contributed by atoms with E-state index < -0.39 is 0 Å². The molecule has 1 amide bonds. The fourth-order valence-corrected chi connectivity index (χ4v) is 3.54. The summed E-state index contributed by atoms with van der Waals surface area (Å²) in [5.74, 6) is 1.91. The molecule has 2 aromatic carbocycles. The van der Waals surface area contributed by atoms with Crippen molar-refractivity contribution in [2.45, 2.75) is 12.3 Å². The lowest BCUT2D eigenvalue weighted by Gasteiger charge is -2.27. The van der Waals surface area contributed by atoms with Crippen LogP contribution in [0.2, 0.25) is 0 Å². The Morgan fingerprint density at radius 3 is 2.29 bits per heavy atom. The minimum Gasteiger partial charge on any atom is -0.496 e. The Morgan fingerprint density at radius 2 is 1.67 bits per heavy atom. The van der Waals surface area contributed by atoms with Crippen LogP contribution in [-0.2, 0) is 4.79 Å². The number of amides is 1. The number of hydrogen-bond acceptors (Lipinski definition) is 4. The molecule has 0 radical (unpaired) electrons. The number of rotatable bonds is 4. The molecule has 24 heavy (non-hydrogen) atoms. The second-order valence-corrected chi connectivity index (χ2v) is 6.35. The largest absolute Gasteiger partial charge is 0.496 e. The van der Waals surface area contributed by atoms with E-state index in [4.69, 9.17) is 14.2 Å². The number of anilines is 1. The Morgan fingerprint density at radius 1 is 1.00 bits per heavy atom. The second-order valence-electron chi connectivity index (χ2n) is 5.49. The fraction of sp³-hybridized carbons (Fsp3) is 0.278. The van der Waals surface area contributed by atoms with Gasteiger partial charge in [0.15, 0.2) is 11.5 Å². The van der Waals surface area contributed by atoms with Crippen molar-refractivity contribution in [2.75, 3.05) is 26.6 Å². The molecule has 1 heterocycles. The molecule has 1 N–H and O–H groups in total. The summed E-state index contributed by atoms with van der Waals surface area (Å²) in [6.45, 7) is 0. The van der Waals surface area contributed by atoms with Crippen molar-refractivity contribution in [3.63, 3.8) is 0 Å². The van der Waals surface area contributed by atoms with Crippen LogP contribution < -0.4 is 19.5 Å². The summed E-state index contributed by atoms with van der Waals surface area (Å²) in [5, 5.41) is 2.91. The van der Waals surface area contributed by atoms with Crippen LogP contribution in [0.25, 0.3) is 0 Å². The molecule has 5 nitrogen and oxygen atoms in total. The van der Waals surface area contributed by atoms with Gasteiger partial charge in [-0.15, -0.1) is 0 Å². The highest BCUT2D eigenvalue weighted by molar-refractivity contribution is 9.10. The maximum Gasteiger partial charge on any atom is 0.225 e. The maximum absolute atomic E-state index is 12.2. The molecule has 0 saturated heterocycles. The molecular weight excluding hydrogens is 374 g/mol. The molecule has 1 atom stereocenters. The van der Waals surface area contributed by atoms with Crippen LogP contribution in [0, 0.1) is 0 Å². The molecule has 0 unspecified atom stereocenters. The van der Waals surface area contributed by atoms with Gasteiger partial charge < -0.3 is 19.5 Å². The Kier molecular flexibility index (Phi) is 4.66. The van der Waals surface area contributed by atoms with E-state index >= 15 is 0 Å². The molecule has 0 saturated carbocycles. The zero-order valence-corrected chi connectivity index (χ0v) is 15.3. The fourth-order valence-electron chi connectivity index (χ4n) is 2.98. The summed E-state index contributed by atoms with van der Waals surface area (Å²) >= 11 is 3.51. The summed E-state index contributed by atoms with van der Waals surface area (Å²) in [7, 11) is 4.80. The number of nitrogens with one attached hydrogen (secondary N) is 1. The molecule has 0 fully saturated rings. The zero-order valence-electron chi connectivity index (χ0n) is 13.7. The number of benzene rings is 2.